The summed E-state index contributed by atoms with van der Waals surface area (Å²) in [5.74, 6) is 2.90. The molecule has 4 aliphatic carbocycles. The fraction of sp³-hybridized carbons (Fsp3) is 0.520. The number of amides is 2. The zero-order chi connectivity index (χ0) is 19.9. The summed E-state index contributed by atoms with van der Waals surface area (Å²) in [4.78, 5) is 26.8. The van der Waals surface area contributed by atoms with Crippen molar-refractivity contribution in [2.75, 3.05) is 0 Å². The Kier molecular flexibility index (Phi) is 3.52. The van der Waals surface area contributed by atoms with Crippen LogP contribution in [0.15, 0.2) is 42.5 Å². The van der Waals surface area contributed by atoms with Crippen molar-refractivity contribution in [3.63, 3.8) is 0 Å². The lowest BCUT2D eigenvalue weighted by Crippen LogP contribution is -2.80. The second-order valence-corrected chi connectivity index (χ2v) is 10.3. The Hall–Kier alpha value is -2.36. The highest BCUT2D eigenvalue weighted by molar-refractivity contribution is 6.06. The highest BCUT2D eigenvalue weighted by Crippen LogP contribution is 2.57. The van der Waals surface area contributed by atoms with Crippen molar-refractivity contribution in [2.45, 2.75) is 57.5 Å². The molecule has 4 heteroatoms. The number of hydrogen-bond acceptors (Lipinski definition) is 2. The second-order valence-electron chi connectivity index (χ2n) is 10.3. The second kappa shape index (κ2) is 5.84. The SMILES string of the molecule is CC1(C)C(=O)N(C2C3CC4CC(C3)CC2C4)N1C(=O)c1ccc2ccccc2c1. The molecule has 0 aromatic heterocycles. The van der Waals surface area contributed by atoms with Crippen LogP contribution in [-0.4, -0.2) is 33.4 Å². The number of carbonyl (C=O) groups is 2. The average molecular weight is 389 g/mol. The highest BCUT2D eigenvalue weighted by Gasteiger charge is 2.62. The molecule has 2 amide bonds. The Morgan fingerprint density at radius 2 is 1.52 bits per heavy atom. The van der Waals surface area contributed by atoms with Crippen LogP contribution in [0.1, 0.15) is 56.3 Å². The van der Waals surface area contributed by atoms with Crippen molar-refractivity contribution in [1.82, 2.24) is 10.0 Å². The Bertz CT molecular complexity index is 998. The first-order valence-corrected chi connectivity index (χ1v) is 11.1. The van der Waals surface area contributed by atoms with E-state index in [1.807, 2.05) is 55.3 Å². The number of nitrogens with zero attached hydrogens (tertiary/aromatic N) is 2. The molecule has 2 aromatic carbocycles. The lowest BCUT2D eigenvalue weighted by molar-refractivity contribution is -0.230. The maximum Gasteiger partial charge on any atom is 0.273 e. The molecule has 5 fully saturated rings. The molecule has 1 saturated heterocycles. The molecule has 4 nitrogen and oxygen atoms in total. The Balaban J connectivity index is 1.35. The quantitative estimate of drug-likeness (QED) is 0.752. The van der Waals surface area contributed by atoms with Gasteiger partial charge in [0.15, 0.2) is 0 Å². The summed E-state index contributed by atoms with van der Waals surface area (Å²) in [5.41, 5.74) is -0.102. The van der Waals surface area contributed by atoms with Gasteiger partial charge in [0.2, 0.25) is 0 Å². The van der Waals surface area contributed by atoms with Gasteiger partial charge < -0.3 is 0 Å². The van der Waals surface area contributed by atoms with Gasteiger partial charge in [-0.3, -0.25) is 9.59 Å². The Morgan fingerprint density at radius 1 is 0.897 bits per heavy atom. The van der Waals surface area contributed by atoms with E-state index in [1.165, 1.54) is 32.1 Å². The normalized spacial score (nSPS) is 34.6. The van der Waals surface area contributed by atoms with Crippen LogP contribution in [-0.2, 0) is 4.79 Å². The zero-order valence-corrected chi connectivity index (χ0v) is 17.2. The van der Waals surface area contributed by atoms with Gasteiger partial charge in [-0.15, -0.1) is 0 Å². The molecule has 0 N–H and O–H groups in total. The van der Waals surface area contributed by atoms with Crippen molar-refractivity contribution in [1.29, 1.82) is 0 Å². The largest absolute Gasteiger partial charge is 0.273 e. The molecular weight excluding hydrogens is 360 g/mol. The van der Waals surface area contributed by atoms with Crippen molar-refractivity contribution in [2.24, 2.45) is 23.7 Å². The standard InChI is InChI=1S/C25H28N2O2/c1-25(2)24(29)26(22-20-10-15-9-16(12-20)13-21(22)11-15)27(25)23(28)19-8-7-17-5-3-4-6-18(17)14-19/h3-8,14-16,20-22H,9-13H2,1-2H3. The van der Waals surface area contributed by atoms with Crippen LogP contribution < -0.4 is 0 Å². The van der Waals surface area contributed by atoms with Gasteiger partial charge in [-0.1, -0.05) is 30.3 Å². The minimum Gasteiger partial charge on any atom is -0.270 e. The van der Waals surface area contributed by atoms with Crippen LogP contribution in [0, 0.1) is 23.7 Å². The van der Waals surface area contributed by atoms with Crippen molar-refractivity contribution in [3.8, 4) is 0 Å². The molecule has 150 valence electrons. The molecule has 2 aromatic rings. The van der Waals surface area contributed by atoms with Gasteiger partial charge in [-0.25, -0.2) is 10.0 Å². The van der Waals surface area contributed by atoms with Gasteiger partial charge in [0.25, 0.3) is 11.8 Å². The summed E-state index contributed by atoms with van der Waals surface area (Å²) in [7, 11) is 0. The summed E-state index contributed by atoms with van der Waals surface area (Å²) in [5, 5.41) is 5.85. The summed E-state index contributed by atoms with van der Waals surface area (Å²) >= 11 is 0. The van der Waals surface area contributed by atoms with Crippen LogP contribution >= 0.6 is 0 Å². The molecule has 1 heterocycles. The van der Waals surface area contributed by atoms with E-state index in [9.17, 15) is 9.59 Å². The summed E-state index contributed by atoms with van der Waals surface area (Å²) in [6.07, 6.45) is 6.33. The molecule has 4 saturated carbocycles. The van der Waals surface area contributed by atoms with Crippen LogP contribution in [0.5, 0.6) is 0 Å². The van der Waals surface area contributed by atoms with Gasteiger partial charge in [-0.2, -0.15) is 0 Å². The molecular formula is C25H28N2O2. The predicted octanol–water partition coefficient (Wildman–Crippen LogP) is 4.64. The van der Waals surface area contributed by atoms with Crippen LogP contribution in [0.4, 0.5) is 0 Å². The van der Waals surface area contributed by atoms with Crippen molar-refractivity contribution >= 4 is 22.6 Å². The van der Waals surface area contributed by atoms with E-state index in [0.29, 0.717) is 17.4 Å². The van der Waals surface area contributed by atoms with Crippen LogP contribution in [0.25, 0.3) is 10.8 Å². The summed E-state index contributed by atoms with van der Waals surface area (Å²) in [6.45, 7) is 3.78. The molecule has 4 bridgehead atoms. The van der Waals surface area contributed by atoms with Gasteiger partial charge in [0.1, 0.15) is 5.54 Å². The third kappa shape index (κ3) is 2.38. The maximum atomic E-state index is 13.6. The van der Waals surface area contributed by atoms with Gasteiger partial charge in [-0.05, 0) is 92.5 Å². The number of hydrogen-bond donors (Lipinski definition) is 0. The van der Waals surface area contributed by atoms with Crippen LogP contribution in [0.3, 0.4) is 0 Å². The number of carbonyl (C=O) groups excluding carboxylic acids is 2. The van der Waals surface area contributed by atoms with Gasteiger partial charge >= 0.3 is 0 Å². The van der Waals surface area contributed by atoms with E-state index in [0.717, 1.165) is 22.6 Å². The lowest BCUT2D eigenvalue weighted by Gasteiger charge is -2.65. The number of fused-ring (bicyclic) bond motifs is 1. The maximum absolute atomic E-state index is 13.6. The first kappa shape index (κ1) is 17.5. The summed E-state index contributed by atoms with van der Waals surface area (Å²) in [6, 6.07) is 14.2. The molecule has 1 aliphatic heterocycles. The average Bonchev–Trinajstić information content (AvgIpc) is 2.71. The summed E-state index contributed by atoms with van der Waals surface area (Å²) < 4.78 is 0. The minimum atomic E-state index is -0.766. The molecule has 7 rings (SSSR count). The van der Waals surface area contributed by atoms with Gasteiger partial charge in [0, 0.05) is 5.56 Å². The monoisotopic (exact) mass is 388 g/mol. The third-order valence-electron chi connectivity index (χ3n) is 8.12. The zero-order valence-electron chi connectivity index (χ0n) is 17.2. The molecule has 29 heavy (non-hydrogen) atoms. The first-order valence-electron chi connectivity index (χ1n) is 11.1. The third-order valence-corrected chi connectivity index (χ3v) is 8.12. The Labute approximate surface area is 171 Å². The predicted molar refractivity (Wildman–Crippen MR) is 112 cm³/mol. The van der Waals surface area contributed by atoms with E-state index in [4.69, 9.17) is 0 Å². The van der Waals surface area contributed by atoms with Crippen LogP contribution in [0.2, 0.25) is 0 Å². The number of hydrazine groups is 1. The van der Waals surface area contributed by atoms with E-state index >= 15 is 0 Å². The minimum absolute atomic E-state index is 0.0471. The first-order chi connectivity index (χ1) is 13.9. The Morgan fingerprint density at radius 3 is 2.17 bits per heavy atom. The van der Waals surface area contributed by atoms with E-state index in [2.05, 4.69) is 6.07 Å². The lowest BCUT2D eigenvalue weighted by atomic mass is 9.53. The van der Waals surface area contributed by atoms with Crippen molar-refractivity contribution < 1.29 is 9.59 Å². The fourth-order valence-electron chi connectivity index (χ4n) is 7.05. The number of benzene rings is 2. The fourth-order valence-corrected chi connectivity index (χ4v) is 7.05. The topological polar surface area (TPSA) is 40.6 Å². The number of rotatable bonds is 2. The van der Waals surface area contributed by atoms with Gasteiger partial charge in [0.05, 0.1) is 6.04 Å². The van der Waals surface area contributed by atoms with Crippen molar-refractivity contribution in [3.05, 3.63) is 48.0 Å². The van der Waals surface area contributed by atoms with E-state index < -0.39 is 5.54 Å². The molecule has 5 aliphatic rings. The molecule has 0 radical (unpaired) electrons. The molecule has 0 spiro atoms. The van der Waals surface area contributed by atoms with E-state index in [-0.39, 0.29) is 17.9 Å². The highest BCUT2D eigenvalue weighted by atomic mass is 16.2. The molecule has 0 unspecified atom stereocenters. The molecule has 0 atom stereocenters. The van der Waals surface area contributed by atoms with E-state index in [1.54, 1.807) is 5.01 Å². The smallest absolute Gasteiger partial charge is 0.270 e.